The molecule has 2 amide bonds. The molecule has 37 heavy (non-hydrogen) atoms. The van der Waals surface area contributed by atoms with Crippen LogP contribution in [0.5, 0.6) is 0 Å². The van der Waals surface area contributed by atoms with Crippen molar-refractivity contribution in [2.75, 3.05) is 17.1 Å². The first-order valence-corrected chi connectivity index (χ1v) is 14.2. The van der Waals surface area contributed by atoms with E-state index < -0.39 is 51.2 Å². The Hall–Kier alpha value is -2.31. The van der Waals surface area contributed by atoms with E-state index in [-0.39, 0.29) is 18.3 Å². The highest BCUT2D eigenvalue weighted by molar-refractivity contribution is 9.10. The first-order valence-electron chi connectivity index (χ1n) is 11.2. The van der Waals surface area contributed by atoms with Crippen molar-refractivity contribution in [2.45, 2.75) is 52.0 Å². The second kappa shape index (κ2) is 12.5. The van der Waals surface area contributed by atoms with Gasteiger partial charge in [-0.25, -0.2) is 8.42 Å². The van der Waals surface area contributed by atoms with Gasteiger partial charge in [0.25, 0.3) is 0 Å². The molecular formula is C24H28BrClF3N3O4S. The summed E-state index contributed by atoms with van der Waals surface area (Å²) >= 11 is 9.03. The molecule has 2 rings (SSSR count). The fourth-order valence-corrected chi connectivity index (χ4v) is 4.89. The first-order chi connectivity index (χ1) is 17.0. The van der Waals surface area contributed by atoms with E-state index in [0.717, 1.165) is 22.9 Å². The van der Waals surface area contributed by atoms with Crippen molar-refractivity contribution in [1.82, 2.24) is 10.2 Å². The van der Waals surface area contributed by atoms with Gasteiger partial charge in [-0.15, -0.1) is 0 Å². The molecule has 2 unspecified atom stereocenters. The number of carbonyl (C=O) groups is 2. The molecule has 2 aromatic carbocycles. The highest BCUT2D eigenvalue weighted by Crippen LogP contribution is 2.37. The zero-order chi connectivity index (χ0) is 28.1. The number of rotatable bonds is 10. The van der Waals surface area contributed by atoms with E-state index in [1.807, 2.05) is 6.92 Å². The minimum Gasteiger partial charge on any atom is -0.352 e. The smallest absolute Gasteiger partial charge is 0.352 e. The molecule has 2 aromatic rings. The Kier molecular flexibility index (Phi) is 10.4. The molecule has 0 saturated carbocycles. The molecular weight excluding hydrogens is 599 g/mol. The van der Waals surface area contributed by atoms with Crippen LogP contribution in [0.25, 0.3) is 0 Å². The third-order valence-electron chi connectivity index (χ3n) is 5.63. The number of benzene rings is 2. The Morgan fingerprint density at radius 2 is 1.78 bits per heavy atom. The summed E-state index contributed by atoms with van der Waals surface area (Å²) in [5.74, 6) is -1.23. The minimum atomic E-state index is -4.84. The van der Waals surface area contributed by atoms with E-state index in [4.69, 9.17) is 11.6 Å². The van der Waals surface area contributed by atoms with Crippen LogP contribution in [0.2, 0.25) is 5.02 Å². The number of hydrogen-bond donors (Lipinski definition) is 1. The predicted molar refractivity (Wildman–Crippen MR) is 141 cm³/mol. The number of hydrogen-bond acceptors (Lipinski definition) is 4. The van der Waals surface area contributed by atoms with Gasteiger partial charge in [-0.1, -0.05) is 46.6 Å². The Labute approximate surface area is 228 Å². The van der Waals surface area contributed by atoms with Crippen LogP contribution in [-0.2, 0) is 32.3 Å². The summed E-state index contributed by atoms with van der Waals surface area (Å²) in [6, 6.07) is 8.40. The SMILES string of the molecule is CCC(C)NC(=O)C(C)N(Cc1cccc(Br)c1)C(=O)CN(c1ccc(Cl)c(C(F)(F)F)c1)S(C)(=O)=O. The van der Waals surface area contributed by atoms with Gasteiger partial charge in [-0.2, -0.15) is 13.2 Å². The van der Waals surface area contributed by atoms with E-state index in [9.17, 15) is 31.2 Å². The van der Waals surface area contributed by atoms with Gasteiger partial charge in [-0.05, 0) is 56.2 Å². The van der Waals surface area contributed by atoms with Crippen LogP contribution in [0, 0.1) is 0 Å². The van der Waals surface area contributed by atoms with Gasteiger partial charge in [0.2, 0.25) is 21.8 Å². The number of carbonyl (C=O) groups excluding carboxylic acids is 2. The average Bonchev–Trinajstić information content (AvgIpc) is 2.79. The fraction of sp³-hybridized carbons (Fsp3) is 0.417. The van der Waals surface area contributed by atoms with Gasteiger partial charge in [0.15, 0.2) is 0 Å². The number of sulfonamides is 1. The molecule has 0 aromatic heterocycles. The highest BCUT2D eigenvalue weighted by Gasteiger charge is 2.35. The minimum absolute atomic E-state index is 0.0423. The van der Waals surface area contributed by atoms with Crippen LogP contribution in [0.15, 0.2) is 46.9 Å². The molecule has 204 valence electrons. The summed E-state index contributed by atoms with van der Waals surface area (Å²) < 4.78 is 66.7. The highest BCUT2D eigenvalue weighted by atomic mass is 79.9. The lowest BCUT2D eigenvalue weighted by molar-refractivity contribution is -0.139. The predicted octanol–water partition coefficient (Wildman–Crippen LogP) is 5.22. The van der Waals surface area contributed by atoms with Gasteiger partial charge >= 0.3 is 6.18 Å². The molecule has 0 radical (unpaired) electrons. The maximum absolute atomic E-state index is 13.5. The second-order valence-corrected chi connectivity index (χ2v) is 11.8. The lowest BCUT2D eigenvalue weighted by Gasteiger charge is -2.32. The maximum atomic E-state index is 13.5. The average molecular weight is 627 g/mol. The number of nitrogens with one attached hydrogen (secondary N) is 1. The molecule has 0 aliphatic rings. The van der Waals surface area contributed by atoms with E-state index in [2.05, 4.69) is 21.2 Å². The molecule has 0 saturated heterocycles. The molecule has 0 aliphatic carbocycles. The lowest BCUT2D eigenvalue weighted by atomic mass is 10.1. The fourth-order valence-electron chi connectivity index (χ4n) is 3.38. The zero-order valence-corrected chi connectivity index (χ0v) is 23.8. The van der Waals surface area contributed by atoms with Crippen molar-refractivity contribution in [1.29, 1.82) is 0 Å². The first kappa shape index (κ1) is 30.9. The van der Waals surface area contributed by atoms with E-state index in [1.165, 1.54) is 11.8 Å². The monoisotopic (exact) mass is 625 g/mol. The van der Waals surface area contributed by atoms with E-state index in [0.29, 0.717) is 22.4 Å². The Bertz CT molecular complexity index is 1240. The summed E-state index contributed by atoms with van der Waals surface area (Å²) in [5, 5.41) is 2.19. The number of alkyl halides is 3. The lowest BCUT2D eigenvalue weighted by Crippen LogP contribution is -2.52. The van der Waals surface area contributed by atoms with Crippen molar-refractivity contribution in [3.8, 4) is 0 Å². The quantitative estimate of drug-likeness (QED) is 0.392. The molecule has 0 aliphatic heterocycles. The van der Waals surface area contributed by atoms with Crippen LogP contribution in [0.3, 0.4) is 0 Å². The molecule has 7 nitrogen and oxygen atoms in total. The van der Waals surface area contributed by atoms with Gasteiger partial charge in [0.1, 0.15) is 12.6 Å². The van der Waals surface area contributed by atoms with Gasteiger partial charge in [0.05, 0.1) is 22.5 Å². The second-order valence-electron chi connectivity index (χ2n) is 8.58. The van der Waals surface area contributed by atoms with Crippen molar-refractivity contribution in [3.05, 3.63) is 63.1 Å². The molecule has 13 heteroatoms. The molecule has 2 atom stereocenters. The third kappa shape index (κ3) is 8.61. The number of anilines is 1. The summed E-state index contributed by atoms with van der Waals surface area (Å²) in [5.41, 5.74) is -0.964. The number of nitrogens with zero attached hydrogens (tertiary/aromatic N) is 2. The third-order valence-corrected chi connectivity index (χ3v) is 7.60. The van der Waals surface area contributed by atoms with Gasteiger partial charge in [-0.3, -0.25) is 13.9 Å². The molecule has 1 N–H and O–H groups in total. The van der Waals surface area contributed by atoms with Gasteiger partial charge in [0, 0.05) is 17.1 Å². The molecule has 0 heterocycles. The largest absolute Gasteiger partial charge is 0.417 e. The Morgan fingerprint density at radius 3 is 2.32 bits per heavy atom. The Morgan fingerprint density at radius 1 is 1.14 bits per heavy atom. The summed E-state index contributed by atoms with van der Waals surface area (Å²) in [4.78, 5) is 27.6. The van der Waals surface area contributed by atoms with Gasteiger partial charge < -0.3 is 10.2 Å². The number of halogens is 5. The standard InChI is InChI=1S/C24H28BrClF3N3O4S/c1-5-15(2)30-23(34)16(3)31(13-17-7-6-8-18(25)11-17)22(33)14-32(37(4,35)36)19-9-10-21(26)20(12-19)24(27,28)29/h6-12,15-16H,5,13-14H2,1-4H3,(H,30,34). The van der Waals surface area contributed by atoms with Crippen LogP contribution in [-0.4, -0.2) is 50.0 Å². The van der Waals surface area contributed by atoms with Crippen LogP contribution < -0.4 is 9.62 Å². The Balaban J connectivity index is 2.48. The van der Waals surface area contributed by atoms with E-state index >= 15 is 0 Å². The summed E-state index contributed by atoms with van der Waals surface area (Å²) in [7, 11) is -4.20. The molecule has 0 bridgehead atoms. The van der Waals surface area contributed by atoms with Crippen LogP contribution in [0.1, 0.15) is 38.3 Å². The summed E-state index contributed by atoms with van der Waals surface area (Å²) in [6.45, 7) is 4.31. The molecule has 0 fully saturated rings. The van der Waals surface area contributed by atoms with E-state index in [1.54, 1.807) is 31.2 Å². The van der Waals surface area contributed by atoms with Crippen molar-refractivity contribution in [3.63, 3.8) is 0 Å². The van der Waals surface area contributed by atoms with Crippen molar-refractivity contribution >= 4 is 55.1 Å². The van der Waals surface area contributed by atoms with Crippen molar-refractivity contribution < 1.29 is 31.2 Å². The van der Waals surface area contributed by atoms with Crippen molar-refractivity contribution in [2.24, 2.45) is 0 Å². The van der Waals surface area contributed by atoms with Crippen LogP contribution >= 0.6 is 27.5 Å². The van der Waals surface area contributed by atoms with Crippen LogP contribution in [0.4, 0.5) is 18.9 Å². The maximum Gasteiger partial charge on any atom is 0.417 e. The molecule has 0 spiro atoms. The summed E-state index contributed by atoms with van der Waals surface area (Å²) in [6.07, 6.45) is -3.41. The normalized spacial score (nSPS) is 13.5. The topological polar surface area (TPSA) is 86.8 Å². The number of amides is 2. The zero-order valence-electron chi connectivity index (χ0n) is 20.6.